The van der Waals surface area contributed by atoms with Crippen LogP contribution in [0.25, 0.3) is 0 Å². The quantitative estimate of drug-likeness (QED) is 0.142. The van der Waals surface area contributed by atoms with Gasteiger partial charge in [-0.2, -0.15) is 5.48 Å². The summed E-state index contributed by atoms with van der Waals surface area (Å²) in [6, 6.07) is 4.95. The van der Waals surface area contributed by atoms with Crippen molar-refractivity contribution in [3.05, 3.63) is 35.9 Å². The number of hydrogen-bond donors (Lipinski definition) is 3. The van der Waals surface area contributed by atoms with Crippen molar-refractivity contribution < 1.29 is 33.1 Å². The molecule has 0 aromatic heterocycles. The van der Waals surface area contributed by atoms with Gasteiger partial charge in [0.05, 0.1) is 7.11 Å². The normalized spacial score (nSPS) is 16.8. The number of allylic oxidation sites excluding steroid dienone is 2. The lowest BCUT2D eigenvalue weighted by molar-refractivity contribution is -0.121. The maximum absolute atomic E-state index is 12.9. The minimum absolute atomic E-state index is 0.00232. The Balaban J connectivity index is 1.85. The number of piperidine rings is 1. The van der Waals surface area contributed by atoms with Crippen LogP contribution in [0.2, 0.25) is 0 Å². The van der Waals surface area contributed by atoms with E-state index in [9.17, 15) is 14.2 Å². The minimum Gasteiger partial charge on any atom is -0.493 e. The number of ether oxygens (including phenoxy) is 2. The van der Waals surface area contributed by atoms with E-state index < -0.39 is 14.3 Å². The van der Waals surface area contributed by atoms with Gasteiger partial charge in [-0.25, -0.2) is 9.42 Å². The third-order valence-electron chi connectivity index (χ3n) is 5.80. The highest BCUT2D eigenvalue weighted by Crippen LogP contribution is 2.29. The van der Waals surface area contributed by atoms with Crippen LogP contribution in [0, 0.1) is 5.92 Å². The zero-order chi connectivity index (χ0) is 26.3. The van der Waals surface area contributed by atoms with Crippen molar-refractivity contribution in [2.45, 2.75) is 71.4 Å². The Hall–Kier alpha value is -2.39. The summed E-state index contributed by atoms with van der Waals surface area (Å²) in [5.74, 6) is 1.21. The van der Waals surface area contributed by atoms with Gasteiger partial charge in [0.25, 0.3) is 0 Å². The molecule has 0 saturated carbocycles. The van der Waals surface area contributed by atoms with Gasteiger partial charge in [-0.3, -0.25) is 9.36 Å². The molecule has 1 aromatic rings. The first-order valence-corrected chi connectivity index (χ1v) is 13.8. The molecule has 1 aliphatic rings. The van der Waals surface area contributed by atoms with Gasteiger partial charge in [0, 0.05) is 32.1 Å². The zero-order valence-corrected chi connectivity index (χ0v) is 22.5. The van der Waals surface area contributed by atoms with Crippen molar-refractivity contribution >= 4 is 20.3 Å². The number of nitrogens with one attached hydrogen (secondary N) is 2. The average Bonchev–Trinajstić information content (AvgIpc) is 2.85. The van der Waals surface area contributed by atoms with E-state index in [1.54, 1.807) is 23.1 Å². The first-order chi connectivity index (χ1) is 17.3. The van der Waals surface area contributed by atoms with Gasteiger partial charge in [-0.1, -0.05) is 32.1 Å². The average molecular weight is 526 g/mol. The van der Waals surface area contributed by atoms with Crippen LogP contribution in [0.15, 0.2) is 30.4 Å². The third-order valence-corrected chi connectivity index (χ3v) is 6.12. The summed E-state index contributed by atoms with van der Waals surface area (Å²) >= 11 is 0. The van der Waals surface area contributed by atoms with Gasteiger partial charge in [0.1, 0.15) is 0 Å². The van der Waals surface area contributed by atoms with Crippen LogP contribution < -0.4 is 20.3 Å². The molecule has 1 fully saturated rings. The number of unbranched alkanes of at least 4 members (excludes halogenated alkanes) is 2. The van der Waals surface area contributed by atoms with Crippen molar-refractivity contribution in [2.75, 3.05) is 20.2 Å². The van der Waals surface area contributed by atoms with Crippen LogP contribution in [0.5, 0.6) is 11.5 Å². The highest BCUT2D eigenvalue weighted by atomic mass is 31.1. The second-order valence-electron chi connectivity index (χ2n) is 9.11. The topological polar surface area (TPSA) is 126 Å². The zero-order valence-electron chi connectivity index (χ0n) is 21.5. The summed E-state index contributed by atoms with van der Waals surface area (Å²) in [7, 11) is -1.60. The molecule has 202 valence electrons. The van der Waals surface area contributed by atoms with Crippen molar-refractivity contribution in [3.8, 4) is 11.5 Å². The molecule has 1 aromatic carbocycles. The summed E-state index contributed by atoms with van der Waals surface area (Å²) in [5, 5.41) is 2.92. The molecule has 0 spiro atoms. The Labute approximate surface area is 214 Å². The Bertz CT molecular complexity index is 894. The van der Waals surface area contributed by atoms with Gasteiger partial charge in [-0.15, -0.1) is 0 Å². The molecular weight excluding hydrogens is 485 g/mol. The lowest BCUT2D eigenvalue weighted by atomic mass is 10.0. The summed E-state index contributed by atoms with van der Waals surface area (Å²) in [6.45, 7) is 5.37. The summed E-state index contributed by atoms with van der Waals surface area (Å²) in [4.78, 5) is 35.4. The van der Waals surface area contributed by atoms with Crippen LogP contribution in [-0.2, 0) is 20.5 Å². The Morgan fingerprint density at radius 3 is 2.78 bits per heavy atom. The molecule has 2 rings (SSSR count). The molecule has 2 amide bonds. The first-order valence-electron chi connectivity index (χ1n) is 12.5. The number of rotatable bonds is 14. The maximum atomic E-state index is 12.9. The lowest BCUT2D eigenvalue weighted by Gasteiger charge is -2.34. The smallest absolute Gasteiger partial charge is 0.415 e. The van der Waals surface area contributed by atoms with Crippen molar-refractivity contribution in [1.82, 2.24) is 15.7 Å². The second kappa shape index (κ2) is 16.4. The number of amides is 2. The van der Waals surface area contributed by atoms with E-state index in [0.717, 1.165) is 44.1 Å². The summed E-state index contributed by atoms with van der Waals surface area (Å²) in [6.07, 6.45) is 9.60. The van der Waals surface area contributed by atoms with E-state index in [0.29, 0.717) is 31.2 Å². The molecule has 1 heterocycles. The van der Waals surface area contributed by atoms with Gasteiger partial charge in [0.15, 0.2) is 11.5 Å². The van der Waals surface area contributed by atoms with E-state index in [2.05, 4.69) is 41.4 Å². The molecule has 0 bridgehead atoms. The van der Waals surface area contributed by atoms with Gasteiger partial charge >= 0.3 is 14.3 Å². The standard InChI is InChI=1S/C25H40N3O7P/c1-19(2)10-6-4-5-7-12-24(29)26-17-20-13-14-22(23(16-20)33-3)34-25(30)28-15-9-8-11-21(28)18-27-35-36(31)32/h6,10,13-14,16,19,21,27,36H,4-5,7-9,11-12,15,17-18H2,1-3H3,(H,26,29)(H,31,32)/b10-6+. The Morgan fingerprint density at radius 2 is 2.06 bits per heavy atom. The monoisotopic (exact) mass is 525 g/mol. The van der Waals surface area contributed by atoms with Crippen molar-refractivity contribution in [3.63, 3.8) is 0 Å². The predicted molar refractivity (Wildman–Crippen MR) is 138 cm³/mol. The van der Waals surface area contributed by atoms with E-state index in [-0.39, 0.29) is 24.2 Å². The number of carbonyl (C=O) groups is 2. The highest BCUT2D eigenvalue weighted by Gasteiger charge is 2.29. The maximum Gasteiger partial charge on any atom is 0.415 e. The van der Waals surface area contributed by atoms with Crippen LogP contribution >= 0.6 is 8.25 Å². The molecule has 2 unspecified atom stereocenters. The Morgan fingerprint density at radius 1 is 1.25 bits per heavy atom. The van der Waals surface area contributed by atoms with Gasteiger partial charge in [0.2, 0.25) is 5.91 Å². The van der Waals surface area contributed by atoms with Crippen LogP contribution in [0.4, 0.5) is 4.79 Å². The van der Waals surface area contributed by atoms with Crippen LogP contribution in [0.1, 0.15) is 64.4 Å². The molecule has 11 heteroatoms. The third kappa shape index (κ3) is 11.1. The largest absolute Gasteiger partial charge is 0.493 e. The summed E-state index contributed by atoms with van der Waals surface area (Å²) < 4.78 is 26.3. The van der Waals surface area contributed by atoms with Gasteiger partial charge < -0.3 is 24.6 Å². The molecule has 2 atom stereocenters. The number of nitrogens with zero attached hydrogens (tertiary/aromatic N) is 1. The second-order valence-corrected chi connectivity index (χ2v) is 9.84. The number of carbonyl (C=O) groups excluding carboxylic acids is 2. The van der Waals surface area contributed by atoms with Crippen molar-refractivity contribution in [1.29, 1.82) is 0 Å². The van der Waals surface area contributed by atoms with Gasteiger partial charge in [-0.05, 0) is 62.1 Å². The van der Waals surface area contributed by atoms with E-state index in [4.69, 9.17) is 14.4 Å². The number of methoxy groups -OCH3 is 1. The molecule has 0 radical (unpaired) electrons. The number of hydrogen-bond acceptors (Lipinski definition) is 7. The molecule has 1 saturated heterocycles. The molecule has 36 heavy (non-hydrogen) atoms. The lowest BCUT2D eigenvalue weighted by Crippen LogP contribution is -2.49. The molecule has 10 nitrogen and oxygen atoms in total. The fraction of sp³-hybridized carbons (Fsp3) is 0.600. The molecule has 3 N–H and O–H groups in total. The number of benzene rings is 1. The van der Waals surface area contributed by atoms with Crippen LogP contribution in [-0.4, -0.2) is 48.0 Å². The first kappa shape index (κ1) is 29.8. The molecule has 0 aliphatic carbocycles. The fourth-order valence-corrected chi connectivity index (χ4v) is 4.12. The predicted octanol–water partition coefficient (Wildman–Crippen LogP) is 4.34. The van der Waals surface area contributed by atoms with Crippen LogP contribution in [0.3, 0.4) is 0 Å². The SMILES string of the molecule is COc1cc(CNC(=O)CCCC/C=C/C(C)C)ccc1OC(=O)N1CCCCC1CNO[PH](=O)O. The molecular formula is C25H40N3O7P. The van der Waals surface area contributed by atoms with E-state index in [1.165, 1.54) is 7.11 Å². The Kier molecular flexibility index (Phi) is 13.6. The molecule has 1 aliphatic heterocycles. The minimum atomic E-state index is -3.10. The van der Waals surface area contributed by atoms with E-state index in [1.807, 2.05) is 0 Å². The van der Waals surface area contributed by atoms with Crippen molar-refractivity contribution in [2.24, 2.45) is 5.92 Å². The number of hydroxylamine groups is 1. The number of likely N-dealkylation sites (tertiary alicyclic amines) is 1. The van der Waals surface area contributed by atoms with E-state index >= 15 is 0 Å². The highest BCUT2D eigenvalue weighted by molar-refractivity contribution is 7.32. The fourth-order valence-electron chi connectivity index (χ4n) is 3.92. The summed E-state index contributed by atoms with van der Waals surface area (Å²) in [5.41, 5.74) is 3.28.